The molecule has 0 fully saturated rings. The number of anilines is 1. The Morgan fingerprint density at radius 1 is 0.938 bits per heavy atom. The second-order valence-electron chi connectivity index (χ2n) is 4.37. The van der Waals surface area contributed by atoms with Gasteiger partial charge in [-0.1, -0.05) is 12.1 Å². The maximum Gasteiger partial charge on any atom is 0.494 e. The van der Waals surface area contributed by atoms with Crippen LogP contribution < -0.4 is 11.2 Å². The lowest BCUT2D eigenvalue weighted by atomic mass is 9.78. The molecule has 0 aliphatic heterocycles. The monoisotopic (exact) mass is 221 g/mol. The predicted octanol–water partition coefficient (Wildman–Crippen LogP) is 1.81. The molecule has 2 N–H and O–H groups in total. The van der Waals surface area contributed by atoms with Crippen molar-refractivity contribution in [2.45, 2.75) is 39.9 Å². The van der Waals surface area contributed by atoms with Crippen LogP contribution in [-0.4, -0.2) is 19.3 Å². The molecular formula is C12H20BNO2. The van der Waals surface area contributed by atoms with Gasteiger partial charge in [-0.25, -0.2) is 0 Å². The van der Waals surface area contributed by atoms with E-state index in [1.807, 2.05) is 52.0 Å². The fourth-order valence-corrected chi connectivity index (χ4v) is 1.34. The molecule has 3 nitrogen and oxygen atoms in total. The summed E-state index contributed by atoms with van der Waals surface area (Å²) in [6, 6.07) is 7.58. The highest BCUT2D eigenvalue weighted by atomic mass is 16.6. The largest absolute Gasteiger partial charge is 0.494 e. The summed E-state index contributed by atoms with van der Waals surface area (Å²) in [6.45, 7) is 7.98. The third kappa shape index (κ3) is 4.25. The third-order valence-corrected chi connectivity index (χ3v) is 2.00. The first-order valence-corrected chi connectivity index (χ1v) is 5.65. The van der Waals surface area contributed by atoms with E-state index in [0.717, 1.165) is 11.2 Å². The van der Waals surface area contributed by atoms with E-state index < -0.39 is 0 Å². The van der Waals surface area contributed by atoms with Crippen molar-refractivity contribution in [1.82, 2.24) is 0 Å². The van der Waals surface area contributed by atoms with Crippen molar-refractivity contribution in [1.29, 1.82) is 0 Å². The minimum atomic E-state index is -0.319. The quantitative estimate of drug-likeness (QED) is 0.609. The highest BCUT2D eigenvalue weighted by Crippen LogP contribution is 2.04. The molecule has 0 radical (unpaired) electrons. The van der Waals surface area contributed by atoms with Gasteiger partial charge in [-0.05, 0) is 45.3 Å². The number of benzene rings is 1. The Morgan fingerprint density at radius 3 is 1.75 bits per heavy atom. The zero-order valence-corrected chi connectivity index (χ0v) is 10.4. The number of nitrogens with two attached hydrogens (primary N) is 1. The van der Waals surface area contributed by atoms with Gasteiger partial charge in [-0.3, -0.25) is 0 Å². The lowest BCUT2D eigenvalue weighted by Crippen LogP contribution is -2.40. The number of hydrogen-bond acceptors (Lipinski definition) is 3. The number of hydrogen-bond donors (Lipinski definition) is 1. The van der Waals surface area contributed by atoms with Gasteiger partial charge in [0, 0.05) is 17.9 Å². The van der Waals surface area contributed by atoms with Crippen LogP contribution in [0.4, 0.5) is 5.69 Å². The Bertz CT molecular complexity index is 301. The summed E-state index contributed by atoms with van der Waals surface area (Å²) in [7, 11) is -0.319. The molecule has 0 amide bonds. The zero-order valence-electron chi connectivity index (χ0n) is 10.4. The average molecular weight is 221 g/mol. The van der Waals surface area contributed by atoms with E-state index >= 15 is 0 Å². The van der Waals surface area contributed by atoms with Crippen molar-refractivity contribution >= 4 is 18.3 Å². The maximum absolute atomic E-state index is 5.72. The van der Waals surface area contributed by atoms with E-state index in [2.05, 4.69) is 0 Å². The summed E-state index contributed by atoms with van der Waals surface area (Å²) < 4.78 is 11.4. The zero-order chi connectivity index (χ0) is 12.1. The van der Waals surface area contributed by atoms with Crippen molar-refractivity contribution in [3.05, 3.63) is 24.3 Å². The second-order valence-corrected chi connectivity index (χ2v) is 4.37. The fourth-order valence-electron chi connectivity index (χ4n) is 1.34. The summed E-state index contributed by atoms with van der Waals surface area (Å²) in [6.07, 6.45) is 0.252. The van der Waals surface area contributed by atoms with Crippen LogP contribution in [0.5, 0.6) is 0 Å². The first-order chi connectivity index (χ1) is 7.49. The summed E-state index contributed by atoms with van der Waals surface area (Å²) in [5.74, 6) is 0. The van der Waals surface area contributed by atoms with Crippen molar-refractivity contribution in [2.24, 2.45) is 0 Å². The molecule has 1 rings (SSSR count). The van der Waals surface area contributed by atoms with Crippen LogP contribution in [0.15, 0.2) is 24.3 Å². The van der Waals surface area contributed by atoms with E-state index in [4.69, 9.17) is 15.0 Å². The fraction of sp³-hybridized carbons (Fsp3) is 0.500. The van der Waals surface area contributed by atoms with Gasteiger partial charge in [-0.15, -0.1) is 0 Å². The molecule has 0 aromatic heterocycles. The van der Waals surface area contributed by atoms with Gasteiger partial charge in [0.15, 0.2) is 0 Å². The Balaban J connectivity index is 2.78. The van der Waals surface area contributed by atoms with Gasteiger partial charge in [0.05, 0.1) is 0 Å². The lowest BCUT2D eigenvalue weighted by Gasteiger charge is -2.19. The average Bonchev–Trinajstić information content (AvgIpc) is 2.16. The van der Waals surface area contributed by atoms with E-state index in [-0.39, 0.29) is 19.3 Å². The van der Waals surface area contributed by atoms with Crippen molar-refractivity contribution in [2.75, 3.05) is 5.73 Å². The summed E-state index contributed by atoms with van der Waals surface area (Å²) >= 11 is 0. The van der Waals surface area contributed by atoms with E-state index in [1.165, 1.54) is 0 Å². The lowest BCUT2D eigenvalue weighted by molar-refractivity contribution is 0.139. The Labute approximate surface area is 98.1 Å². The molecule has 16 heavy (non-hydrogen) atoms. The summed E-state index contributed by atoms with van der Waals surface area (Å²) in [4.78, 5) is 0. The minimum Gasteiger partial charge on any atom is -0.405 e. The number of rotatable bonds is 5. The van der Waals surface area contributed by atoms with Gasteiger partial charge in [-0.2, -0.15) is 0 Å². The molecule has 0 bridgehead atoms. The molecule has 88 valence electrons. The Morgan fingerprint density at radius 2 is 1.38 bits per heavy atom. The van der Waals surface area contributed by atoms with Crippen LogP contribution in [0.2, 0.25) is 0 Å². The van der Waals surface area contributed by atoms with Gasteiger partial charge < -0.3 is 15.0 Å². The first kappa shape index (κ1) is 13.1. The maximum atomic E-state index is 5.72. The molecule has 0 heterocycles. The van der Waals surface area contributed by atoms with E-state index in [0.29, 0.717) is 0 Å². The molecule has 1 aromatic rings. The van der Waals surface area contributed by atoms with E-state index in [1.54, 1.807) is 0 Å². The van der Waals surface area contributed by atoms with E-state index in [9.17, 15) is 0 Å². The molecule has 0 atom stereocenters. The Hall–Kier alpha value is -0.995. The first-order valence-electron chi connectivity index (χ1n) is 5.65. The normalized spacial score (nSPS) is 11.1. The molecule has 0 saturated heterocycles. The van der Waals surface area contributed by atoms with Crippen LogP contribution >= 0.6 is 0 Å². The van der Waals surface area contributed by atoms with Gasteiger partial charge in [0.25, 0.3) is 0 Å². The van der Waals surface area contributed by atoms with Crippen LogP contribution in [0.3, 0.4) is 0 Å². The predicted molar refractivity (Wildman–Crippen MR) is 68.7 cm³/mol. The van der Waals surface area contributed by atoms with Gasteiger partial charge >= 0.3 is 7.12 Å². The van der Waals surface area contributed by atoms with Gasteiger partial charge in [0.1, 0.15) is 0 Å². The standard InChI is InChI=1S/C12H20BNO2/c1-9(2)15-13(16-10(3)4)11-5-7-12(14)8-6-11/h5-10H,14H2,1-4H3. The van der Waals surface area contributed by atoms with Crippen LogP contribution in [0.25, 0.3) is 0 Å². The Kier molecular flexibility index (Phi) is 4.84. The molecule has 0 unspecified atom stereocenters. The van der Waals surface area contributed by atoms with Crippen molar-refractivity contribution in [3.8, 4) is 0 Å². The molecule has 0 spiro atoms. The topological polar surface area (TPSA) is 44.5 Å². The third-order valence-electron chi connectivity index (χ3n) is 2.00. The van der Waals surface area contributed by atoms with Gasteiger partial charge in [0.2, 0.25) is 0 Å². The van der Waals surface area contributed by atoms with Crippen LogP contribution in [0.1, 0.15) is 27.7 Å². The summed E-state index contributed by atoms with van der Waals surface area (Å²) in [5.41, 5.74) is 7.39. The van der Waals surface area contributed by atoms with Crippen molar-refractivity contribution < 1.29 is 9.31 Å². The highest BCUT2D eigenvalue weighted by molar-refractivity contribution is 6.61. The molecule has 0 aliphatic rings. The smallest absolute Gasteiger partial charge is 0.405 e. The summed E-state index contributed by atoms with van der Waals surface area (Å²) in [5, 5.41) is 0. The molecule has 4 heteroatoms. The SMILES string of the molecule is CC(C)OB(OC(C)C)c1ccc(N)cc1. The number of nitrogen functional groups attached to an aromatic ring is 1. The molecule has 0 saturated carbocycles. The molecular weight excluding hydrogens is 201 g/mol. The highest BCUT2D eigenvalue weighted by Gasteiger charge is 2.23. The van der Waals surface area contributed by atoms with Crippen LogP contribution in [-0.2, 0) is 9.31 Å². The minimum absolute atomic E-state index is 0.126. The molecule has 0 aliphatic carbocycles. The second kappa shape index (κ2) is 5.92. The van der Waals surface area contributed by atoms with Crippen molar-refractivity contribution in [3.63, 3.8) is 0 Å². The molecule has 1 aromatic carbocycles. The van der Waals surface area contributed by atoms with Crippen LogP contribution in [0, 0.1) is 0 Å².